The lowest BCUT2D eigenvalue weighted by Crippen LogP contribution is -2.23. The number of pyridine rings is 1. The second kappa shape index (κ2) is 7.20. The van der Waals surface area contributed by atoms with Gasteiger partial charge in [-0.1, -0.05) is 18.2 Å². The average Bonchev–Trinajstić information content (AvgIpc) is 2.46. The largest absolute Gasteiger partial charge is 0.487 e. The van der Waals surface area contributed by atoms with Crippen molar-refractivity contribution in [2.45, 2.75) is 6.61 Å². The van der Waals surface area contributed by atoms with Crippen LogP contribution in [0.4, 0.5) is 0 Å². The third-order valence-corrected chi connectivity index (χ3v) is 2.45. The van der Waals surface area contributed by atoms with Gasteiger partial charge in [-0.3, -0.25) is 10.4 Å². The topological polar surface area (TPSA) is 72.5 Å². The number of hydrogen-bond acceptors (Lipinski definition) is 4. The Hall–Kier alpha value is -2.47. The summed E-state index contributed by atoms with van der Waals surface area (Å²) in [5.41, 5.74) is 9.53. The zero-order valence-electron chi connectivity index (χ0n) is 10.7. The molecule has 0 amide bonds. The summed E-state index contributed by atoms with van der Waals surface area (Å²) in [7, 11) is 0. The van der Waals surface area contributed by atoms with Crippen molar-refractivity contribution >= 4 is 23.5 Å². The number of nitrogens with zero attached hydrogens (tertiary/aromatic N) is 2. The van der Waals surface area contributed by atoms with Crippen LogP contribution in [0.5, 0.6) is 5.75 Å². The maximum absolute atomic E-state index is 5.67. The minimum Gasteiger partial charge on any atom is -0.487 e. The second-order valence-electron chi connectivity index (χ2n) is 3.92. The van der Waals surface area contributed by atoms with Crippen LogP contribution in [-0.2, 0) is 6.61 Å². The molecular weight excluding hydrogens is 272 g/mol. The molecule has 102 valence electrons. The Labute approximate surface area is 122 Å². The number of nitrogens with one attached hydrogen (secondary N) is 1. The lowest BCUT2D eigenvalue weighted by Gasteiger charge is -2.06. The van der Waals surface area contributed by atoms with Gasteiger partial charge >= 0.3 is 0 Å². The van der Waals surface area contributed by atoms with Crippen molar-refractivity contribution in [3.63, 3.8) is 0 Å². The van der Waals surface area contributed by atoms with E-state index in [0.29, 0.717) is 6.61 Å². The minimum absolute atomic E-state index is 0.129. The minimum atomic E-state index is 0.129. The van der Waals surface area contributed by atoms with Crippen LogP contribution in [0, 0.1) is 0 Å². The molecule has 2 rings (SSSR count). The summed E-state index contributed by atoms with van der Waals surface area (Å²) in [4.78, 5) is 4.20. The van der Waals surface area contributed by atoms with E-state index in [1.165, 1.54) is 0 Å². The Morgan fingerprint density at radius 3 is 3.00 bits per heavy atom. The molecule has 1 aromatic carbocycles. The molecule has 0 saturated heterocycles. The number of hydrazone groups is 1. The van der Waals surface area contributed by atoms with Crippen LogP contribution >= 0.6 is 12.2 Å². The molecule has 0 aliphatic rings. The van der Waals surface area contributed by atoms with E-state index in [9.17, 15) is 0 Å². The van der Waals surface area contributed by atoms with Crippen LogP contribution in [0.2, 0.25) is 0 Å². The Kier molecular flexibility index (Phi) is 5.02. The van der Waals surface area contributed by atoms with Gasteiger partial charge in [-0.05, 0) is 42.0 Å². The molecular formula is C14H14N4OS. The Balaban J connectivity index is 1.95. The van der Waals surface area contributed by atoms with Crippen molar-refractivity contribution in [3.05, 3.63) is 59.9 Å². The molecule has 3 N–H and O–H groups in total. The van der Waals surface area contributed by atoms with E-state index < -0.39 is 0 Å². The number of nitrogens with two attached hydrogens (primary N) is 1. The monoisotopic (exact) mass is 286 g/mol. The van der Waals surface area contributed by atoms with Gasteiger partial charge in [0.25, 0.3) is 0 Å². The molecule has 0 atom stereocenters. The van der Waals surface area contributed by atoms with Gasteiger partial charge in [0, 0.05) is 6.20 Å². The summed E-state index contributed by atoms with van der Waals surface area (Å²) >= 11 is 4.65. The van der Waals surface area contributed by atoms with Gasteiger partial charge in [-0.15, -0.1) is 0 Å². The third kappa shape index (κ3) is 4.66. The summed E-state index contributed by atoms with van der Waals surface area (Å²) in [5, 5.41) is 4.02. The molecule has 0 unspecified atom stereocenters. The molecule has 20 heavy (non-hydrogen) atoms. The molecule has 0 spiro atoms. The molecule has 5 nitrogen and oxygen atoms in total. The first-order chi connectivity index (χ1) is 9.74. The molecule has 0 radical (unpaired) electrons. The molecule has 0 fully saturated rings. The van der Waals surface area contributed by atoms with E-state index in [2.05, 4.69) is 27.7 Å². The lowest BCUT2D eigenvalue weighted by molar-refractivity contribution is 0.301. The maximum Gasteiger partial charge on any atom is 0.184 e. The molecule has 0 aliphatic heterocycles. The average molecular weight is 286 g/mol. The summed E-state index contributed by atoms with van der Waals surface area (Å²) in [5.74, 6) is 0.745. The SMILES string of the molecule is NC(=S)NN=Cc1cccc(OCc2ccccn2)c1. The smallest absolute Gasteiger partial charge is 0.184 e. The van der Waals surface area contributed by atoms with Crippen LogP contribution in [0.15, 0.2) is 53.8 Å². The number of ether oxygens (including phenoxy) is 1. The van der Waals surface area contributed by atoms with E-state index in [4.69, 9.17) is 10.5 Å². The molecule has 0 saturated carbocycles. The first kappa shape index (κ1) is 14.0. The van der Waals surface area contributed by atoms with Crippen molar-refractivity contribution in [1.82, 2.24) is 10.4 Å². The molecule has 1 aromatic heterocycles. The zero-order chi connectivity index (χ0) is 14.2. The van der Waals surface area contributed by atoms with Gasteiger partial charge in [0.2, 0.25) is 0 Å². The standard InChI is InChI=1S/C14H14N4OS/c15-14(20)18-17-9-11-4-3-6-13(8-11)19-10-12-5-1-2-7-16-12/h1-9H,10H2,(H3,15,18,20). The van der Waals surface area contributed by atoms with Crippen molar-refractivity contribution in [2.24, 2.45) is 10.8 Å². The fourth-order valence-electron chi connectivity index (χ4n) is 1.50. The highest BCUT2D eigenvalue weighted by Crippen LogP contribution is 2.13. The van der Waals surface area contributed by atoms with Crippen molar-refractivity contribution in [2.75, 3.05) is 0 Å². The summed E-state index contributed by atoms with van der Waals surface area (Å²) in [6.07, 6.45) is 3.36. The van der Waals surface area contributed by atoms with Gasteiger partial charge in [-0.2, -0.15) is 5.10 Å². The van der Waals surface area contributed by atoms with Crippen molar-refractivity contribution in [1.29, 1.82) is 0 Å². The fourth-order valence-corrected chi connectivity index (χ4v) is 1.55. The van der Waals surface area contributed by atoms with Gasteiger partial charge in [0.15, 0.2) is 5.11 Å². The van der Waals surface area contributed by atoms with E-state index in [0.717, 1.165) is 17.0 Å². The van der Waals surface area contributed by atoms with Gasteiger partial charge in [0.05, 0.1) is 11.9 Å². The van der Waals surface area contributed by atoms with E-state index in [1.807, 2.05) is 42.5 Å². The quantitative estimate of drug-likeness (QED) is 0.498. The normalized spacial score (nSPS) is 10.4. The predicted molar refractivity (Wildman–Crippen MR) is 82.5 cm³/mol. The van der Waals surface area contributed by atoms with Crippen LogP contribution in [0.1, 0.15) is 11.3 Å². The molecule has 0 aliphatic carbocycles. The van der Waals surface area contributed by atoms with Gasteiger partial charge in [0.1, 0.15) is 12.4 Å². The third-order valence-electron chi connectivity index (χ3n) is 2.36. The number of benzene rings is 1. The summed E-state index contributed by atoms with van der Waals surface area (Å²) in [6, 6.07) is 13.2. The van der Waals surface area contributed by atoms with Crippen LogP contribution in [-0.4, -0.2) is 16.3 Å². The number of hydrogen-bond donors (Lipinski definition) is 2. The number of aromatic nitrogens is 1. The van der Waals surface area contributed by atoms with Crippen LogP contribution in [0.3, 0.4) is 0 Å². The van der Waals surface area contributed by atoms with E-state index in [-0.39, 0.29) is 5.11 Å². The Morgan fingerprint density at radius 2 is 2.25 bits per heavy atom. The first-order valence-corrected chi connectivity index (χ1v) is 6.36. The maximum atomic E-state index is 5.67. The van der Waals surface area contributed by atoms with Crippen LogP contribution < -0.4 is 15.9 Å². The predicted octanol–water partition coefficient (Wildman–Crippen LogP) is 1.83. The van der Waals surface area contributed by atoms with Crippen molar-refractivity contribution in [3.8, 4) is 5.75 Å². The first-order valence-electron chi connectivity index (χ1n) is 5.95. The second-order valence-corrected chi connectivity index (χ2v) is 4.36. The molecule has 0 bridgehead atoms. The molecule has 2 aromatic rings. The zero-order valence-corrected chi connectivity index (χ0v) is 11.5. The Bertz CT molecular complexity index is 601. The molecule has 1 heterocycles. The van der Waals surface area contributed by atoms with Gasteiger partial charge < -0.3 is 10.5 Å². The highest BCUT2D eigenvalue weighted by Gasteiger charge is 1.97. The Morgan fingerprint density at radius 1 is 1.35 bits per heavy atom. The van der Waals surface area contributed by atoms with Crippen molar-refractivity contribution < 1.29 is 4.74 Å². The van der Waals surface area contributed by atoms with Crippen LogP contribution in [0.25, 0.3) is 0 Å². The van der Waals surface area contributed by atoms with Gasteiger partial charge in [-0.25, -0.2) is 0 Å². The number of thiocarbonyl (C=S) groups is 1. The highest BCUT2D eigenvalue weighted by molar-refractivity contribution is 7.80. The van der Waals surface area contributed by atoms with E-state index >= 15 is 0 Å². The number of rotatable bonds is 5. The fraction of sp³-hybridized carbons (Fsp3) is 0.0714. The summed E-state index contributed by atoms with van der Waals surface area (Å²) in [6.45, 7) is 0.423. The molecule has 6 heteroatoms. The lowest BCUT2D eigenvalue weighted by atomic mass is 10.2. The summed E-state index contributed by atoms with van der Waals surface area (Å²) < 4.78 is 5.67. The van der Waals surface area contributed by atoms with E-state index in [1.54, 1.807) is 12.4 Å². The highest BCUT2D eigenvalue weighted by atomic mass is 32.1.